The van der Waals surface area contributed by atoms with E-state index < -0.39 is 0 Å². The van der Waals surface area contributed by atoms with Crippen LogP contribution < -0.4 is 5.32 Å². The molecule has 1 N–H and O–H groups in total. The van der Waals surface area contributed by atoms with Crippen molar-refractivity contribution in [2.75, 3.05) is 20.1 Å². The summed E-state index contributed by atoms with van der Waals surface area (Å²) in [4.78, 5) is 2.82. The molecule has 1 aromatic carbocycles. The van der Waals surface area contributed by atoms with Gasteiger partial charge in [-0.05, 0) is 64.7 Å². The van der Waals surface area contributed by atoms with Crippen molar-refractivity contribution >= 4 is 0 Å². The topological polar surface area (TPSA) is 15.3 Å². The molecule has 2 heteroatoms. The summed E-state index contributed by atoms with van der Waals surface area (Å²) in [6.07, 6.45) is 9.51. The maximum atomic E-state index is 3.69. The summed E-state index contributed by atoms with van der Waals surface area (Å²) in [5.74, 6) is 0. The Morgan fingerprint density at radius 1 is 1.14 bits per heavy atom. The standard InChI is InChI=1S/C19H30N2/c1-16-8-7-9-17(14-16)15-18(20-2)19(10-3-4-11-19)21-12-5-6-13-21/h7-9,14,18,20H,3-6,10-13,15H2,1-2H3. The number of hydrogen-bond acceptors (Lipinski definition) is 2. The third-order valence-corrected chi connectivity index (χ3v) is 5.72. The zero-order valence-corrected chi connectivity index (χ0v) is 13.7. The first kappa shape index (κ1) is 15.1. The Labute approximate surface area is 129 Å². The number of aryl methyl sites for hydroxylation is 1. The summed E-state index contributed by atoms with van der Waals surface area (Å²) in [7, 11) is 2.16. The second-order valence-electron chi connectivity index (χ2n) is 7.04. The van der Waals surface area contributed by atoms with Gasteiger partial charge in [0.2, 0.25) is 0 Å². The summed E-state index contributed by atoms with van der Waals surface area (Å²) in [5.41, 5.74) is 3.28. The van der Waals surface area contributed by atoms with Crippen LogP contribution in [0.25, 0.3) is 0 Å². The lowest BCUT2D eigenvalue weighted by Gasteiger charge is -2.45. The summed E-state index contributed by atoms with van der Waals surface area (Å²) in [5, 5.41) is 3.69. The Bertz CT molecular complexity index is 456. The van der Waals surface area contributed by atoms with Gasteiger partial charge in [-0.15, -0.1) is 0 Å². The fraction of sp³-hybridized carbons (Fsp3) is 0.684. The average molecular weight is 286 g/mol. The fourth-order valence-electron chi connectivity index (χ4n) is 4.67. The normalized spacial score (nSPS) is 23.5. The second-order valence-corrected chi connectivity index (χ2v) is 7.04. The van der Waals surface area contributed by atoms with Crippen LogP contribution in [0.5, 0.6) is 0 Å². The molecule has 0 radical (unpaired) electrons. The third kappa shape index (κ3) is 3.02. The number of hydrogen-bond donors (Lipinski definition) is 1. The minimum Gasteiger partial charge on any atom is -0.315 e. The average Bonchev–Trinajstić information content (AvgIpc) is 3.16. The van der Waals surface area contributed by atoms with Crippen LogP contribution in [0, 0.1) is 6.92 Å². The van der Waals surface area contributed by atoms with Crippen molar-refractivity contribution in [3.05, 3.63) is 35.4 Å². The van der Waals surface area contributed by atoms with Gasteiger partial charge in [0.15, 0.2) is 0 Å². The highest BCUT2D eigenvalue weighted by Crippen LogP contribution is 2.41. The van der Waals surface area contributed by atoms with Crippen LogP contribution in [-0.2, 0) is 6.42 Å². The van der Waals surface area contributed by atoms with Crippen molar-refractivity contribution < 1.29 is 0 Å². The van der Waals surface area contributed by atoms with E-state index in [-0.39, 0.29) is 0 Å². The van der Waals surface area contributed by atoms with Crippen molar-refractivity contribution in [1.29, 1.82) is 0 Å². The predicted octanol–water partition coefficient (Wildman–Crippen LogP) is 3.53. The van der Waals surface area contributed by atoms with E-state index in [2.05, 4.69) is 48.5 Å². The first-order valence-corrected chi connectivity index (χ1v) is 8.72. The van der Waals surface area contributed by atoms with E-state index in [0.29, 0.717) is 11.6 Å². The van der Waals surface area contributed by atoms with Gasteiger partial charge in [-0.3, -0.25) is 4.90 Å². The van der Waals surface area contributed by atoms with Crippen molar-refractivity contribution in [2.24, 2.45) is 0 Å². The van der Waals surface area contributed by atoms with Crippen LogP contribution in [0.4, 0.5) is 0 Å². The quantitative estimate of drug-likeness (QED) is 0.891. The summed E-state index contributed by atoms with van der Waals surface area (Å²) >= 11 is 0. The molecule has 0 amide bonds. The van der Waals surface area contributed by atoms with Gasteiger partial charge in [0, 0.05) is 11.6 Å². The molecule has 2 aliphatic rings. The molecular formula is C19H30N2. The van der Waals surface area contributed by atoms with Crippen molar-refractivity contribution in [3.63, 3.8) is 0 Å². The minimum absolute atomic E-state index is 0.412. The van der Waals surface area contributed by atoms with Gasteiger partial charge in [-0.2, -0.15) is 0 Å². The fourth-order valence-corrected chi connectivity index (χ4v) is 4.67. The molecular weight excluding hydrogens is 256 g/mol. The second kappa shape index (κ2) is 6.50. The molecule has 1 atom stereocenters. The monoisotopic (exact) mass is 286 g/mol. The molecule has 0 spiro atoms. The Morgan fingerprint density at radius 3 is 2.48 bits per heavy atom. The molecule has 116 valence electrons. The Morgan fingerprint density at radius 2 is 1.86 bits per heavy atom. The maximum Gasteiger partial charge on any atom is 0.0365 e. The molecule has 0 bridgehead atoms. The lowest BCUT2D eigenvalue weighted by atomic mass is 9.82. The lowest BCUT2D eigenvalue weighted by Crippen LogP contribution is -2.59. The van der Waals surface area contributed by atoms with E-state index in [4.69, 9.17) is 0 Å². The molecule has 1 heterocycles. The molecule has 1 unspecified atom stereocenters. The molecule has 3 rings (SSSR count). The Hall–Kier alpha value is -0.860. The van der Waals surface area contributed by atoms with Crippen molar-refractivity contribution in [2.45, 2.75) is 63.5 Å². The van der Waals surface area contributed by atoms with Crippen molar-refractivity contribution in [3.8, 4) is 0 Å². The molecule has 1 saturated heterocycles. The number of nitrogens with zero attached hydrogens (tertiary/aromatic N) is 1. The van der Waals surface area contributed by atoms with Crippen LogP contribution in [0.1, 0.15) is 49.7 Å². The van der Waals surface area contributed by atoms with E-state index in [9.17, 15) is 0 Å². The summed E-state index contributed by atoms with van der Waals surface area (Å²) < 4.78 is 0. The van der Waals surface area contributed by atoms with E-state index in [1.807, 2.05) is 0 Å². The van der Waals surface area contributed by atoms with Crippen LogP contribution >= 0.6 is 0 Å². The van der Waals surface area contributed by atoms with Gasteiger partial charge in [0.05, 0.1) is 0 Å². The SMILES string of the molecule is CNC(Cc1cccc(C)c1)C1(N2CCCC2)CCCC1. The van der Waals surface area contributed by atoms with Gasteiger partial charge in [0.1, 0.15) is 0 Å². The largest absolute Gasteiger partial charge is 0.315 e. The zero-order chi connectivity index (χ0) is 14.7. The van der Waals surface area contributed by atoms with Gasteiger partial charge in [-0.25, -0.2) is 0 Å². The van der Waals surface area contributed by atoms with E-state index in [1.165, 1.54) is 62.7 Å². The molecule has 2 nitrogen and oxygen atoms in total. The van der Waals surface area contributed by atoms with Crippen molar-refractivity contribution in [1.82, 2.24) is 10.2 Å². The molecule has 1 aliphatic heterocycles. The Kier molecular flexibility index (Phi) is 4.66. The van der Waals surface area contributed by atoms with Crippen LogP contribution in [0.2, 0.25) is 0 Å². The predicted molar refractivity (Wildman–Crippen MR) is 89.7 cm³/mol. The molecule has 21 heavy (non-hydrogen) atoms. The van der Waals surface area contributed by atoms with Gasteiger partial charge in [0.25, 0.3) is 0 Å². The number of rotatable bonds is 5. The van der Waals surface area contributed by atoms with Gasteiger partial charge in [-0.1, -0.05) is 42.7 Å². The number of likely N-dealkylation sites (N-methyl/N-ethyl adjacent to an activating group) is 1. The molecule has 1 aliphatic carbocycles. The third-order valence-electron chi connectivity index (χ3n) is 5.72. The summed E-state index contributed by atoms with van der Waals surface area (Å²) in [6.45, 7) is 4.82. The van der Waals surface area contributed by atoms with E-state index >= 15 is 0 Å². The molecule has 1 saturated carbocycles. The van der Waals surface area contributed by atoms with Gasteiger partial charge < -0.3 is 5.32 Å². The van der Waals surface area contributed by atoms with Crippen LogP contribution in [0.3, 0.4) is 0 Å². The highest BCUT2D eigenvalue weighted by atomic mass is 15.2. The molecule has 0 aromatic heterocycles. The molecule has 2 fully saturated rings. The lowest BCUT2D eigenvalue weighted by molar-refractivity contribution is 0.0798. The van der Waals surface area contributed by atoms with Crippen LogP contribution in [-0.4, -0.2) is 36.6 Å². The number of benzene rings is 1. The highest BCUT2D eigenvalue weighted by Gasteiger charge is 2.45. The molecule has 1 aromatic rings. The summed E-state index contributed by atoms with van der Waals surface area (Å²) in [6, 6.07) is 9.64. The first-order valence-electron chi connectivity index (χ1n) is 8.72. The van der Waals surface area contributed by atoms with Crippen LogP contribution in [0.15, 0.2) is 24.3 Å². The minimum atomic E-state index is 0.412. The number of likely N-dealkylation sites (tertiary alicyclic amines) is 1. The first-order chi connectivity index (χ1) is 10.2. The van der Waals surface area contributed by atoms with Gasteiger partial charge >= 0.3 is 0 Å². The maximum absolute atomic E-state index is 3.69. The highest BCUT2D eigenvalue weighted by molar-refractivity contribution is 5.24. The number of nitrogens with one attached hydrogen (secondary N) is 1. The Balaban J connectivity index is 1.82. The van der Waals surface area contributed by atoms with E-state index in [0.717, 1.165) is 6.42 Å². The zero-order valence-electron chi connectivity index (χ0n) is 13.7. The smallest absolute Gasteiger partial charge is 0.0365 e. The van der Waals surface area contributed by atoms with E-state index in [1.54, 1.807) is 0 Å².